The van der Waals surface area contributed by atoms with Gasteiger partial charge in [-0.25, -0.2) is 0 Å². The van der Waals surface area contributed by atoms with Gasteiger partial charge in [-0.1, -0.05) is 50.4 Å². The van der Waals surface area contributed by atoms with E-state index in [-0.39, 0.29) is 0 Å². The number of thioether (sulfide) groups is 1. The maximum atomic E-state index is 4.11. The van der Waals surface area contributed by atoms with Crippen LogP contribution in [0.2, 0.25) is 0 Å². The van der Waals surface area contributed by atoms with E-state index in [1.165, 1.54) is 9.80 Å². The predicted octanol–water partition coefficient (Wildman–Crippen LogP) is 3.63. The van der Waals surface area contributed by atoms with Crippen LogP contribution in [-0.2, 0) is 0 Å². The van der Waals surface area contributed by atoms with Crippen molar-refractivity contribution in [3.63, 3.8) is 0 Å². The first-order valence-electron chi connectivity index (χ1n) is 5.39. The van der Waals surface area contributed by atoms with Gasteiger partial charge in [0.1, 0.15) is 0 Å². The number of hydrogen-bond donors (Lipinski definition) is 0. The van der Waals surface area contributed by atoms with Gasteiger partial charge in [0, 0.05) is 11.4 Å². The Morgan fingerprint density at radius 1 is 1.20 bits per heavy atom. The molecule has 82 valence electrons. The van der Waals surface area contributed by atoms with Crippen LogP contribution in [-0.4, -0.2) is 24.5 Å². The second kappa shape index (κ2) is 6.70. The van der Waals surface area contributed by atoms with E-state index in [1.807, 2.05) is 6.07 Å². The molecule has 0 amide bonds. The summed E-state index contributed by atoms with van der Waals surface area (Å²) in [6, 6.07) is 10.4. The van der Waals surface area contributed by atoms with Gasteiger partial charge in [-0.3, -0.25) is 4.90 Å². The maximum Gasteiger partial charge on any atom is 0.0290 e. The molecular formula is C13H19NS. The van der Waals surface area contributed by atoms with Crippen molar-refractivity contribution in [3.8, 4) is 0 Å². The first-order chi connectivity index (χ1) is 7.26. The van der Waals surface area contributed by atoms with Crippen molar-refractivity contribution in [2.75, 3.05) is 19.6 Å². The van der Waals surface area contributed by atoms with Crippen LogP contribution >= 0.6 is 11.8 Å². The fraction of sp³-hybridized carbons (Fsp3) is 0.385. The third kappa shape index (κ3) is 4.54. The van der Waals surface area contributed by atoms with Gasteiger partial charge in [0.25, 0.3) is 0 Å². The standard InChI is InChI=1S/C13H19NS/c1-4-14(5-2)11-12(3)15-13-9-7-6-8-10-13/h6-10H,3-5,11H2,1-2H3. The molecule has 1 nitrogen and oxygen atoms in total. The van der Waals surface area contributed by atoms with Crippen LogP contribution in [0.15, 0.2) is 46.7 Å². The molecule has 0 aliphatic rings. The number of nitrogens with zero attached hydrogens (tertiary/aromatic N) is 1. The lowest BCUT2D eigenvalue weighted by atomic mass is 10.4. The molecule has 0 saturated carbocycles. The van der Waals surface area contributed by atoms with Gasteiger partial charge in [0.05, 0.1) is 0 Å². The van der Waals surface area contributed by atoms with Crippen LogP contribution in [0.4, 0.5) is 0 Å². The van der Waals surface area contributed by atoms with E-state index < -0.39 is 0 Å². The molecule has 0 unspecified atom stereocenters. The van der Waals surface area contributed by atoms with Crippen molar-refractivity contribution in [2.45, 2.75) is 18.7 Å². The summed E-state index contributed by atoms with van der Waals surface area (Å²) in [5, 5.41) is 0. The summed E-state index contributed by atoms with van der Waals surface area (Å²) in [7, 11) is 0. The van der Waals surface area contributed by atoms with Crippen molar-refractivity contribution >= 4 is 11.8 Å². The highest BCUT2D eigenvalue weighted by molar-refractivity contribution is 8.03. The van der Waals surface area contributed by atoms with E-state index in [2.05, 4.69) is 49.6 Å². The molecule has 0 fully saturated rings. The minimum Gasteiger partial charge on any atom is -0.299 e. The Bertz CT molecular complexity index is 291. The minimum absolute atomic E-state index is 0.979. The van der Waals surface area contributed by atoms with Gasteiger partial charge in [-0.15, -0.1) is 0 Å². The normalized spacial score (nSPS) is 10.6. The number of hydrogen-bond acceptors (Lipinski definition) is 2. The SMILES string of the molecule is C=C(CN(CC)CC)Sc1ccccc1. The lowest BCUT2D eigenvalue weighted by molar-refractivity contribution is 0.335. The quantitative estimate of drug-likeness (QED) is 0.675. The smallest absolute Gasteiger partial charge is 0.0290 e. The summed E-state index contributed by atoms with van der Waals surface area (Å²) in [5.74, 6) is 0. The molecule has 1 aromatic carbocycles. The molecule has 0 N–H and O–H groups in total. The fourth-order valence-corrected chi connectivity index (χ4v) is 2.26. The molecule has 15 heavy (non-hydrogen) atoms. The molecule has 0 aliphatic heterocycles. The highest BCUT2D eigenvalue weighted by atomic mass is 32.2. The summed E-state index contributed by atoms with van der Waals surface area (Å²) in [6.45, 7) is 11.6. The number of rotatable bonds is 6. The molecule has 1 rings (SSSR count). The summed E-state index contributed by atoms with van der Waals surface area (Å²) >= 11 is 1.77. The number of likely N-dealkylation sites (N-methyl/N-ethyl adjacent to an activating group) is 1. The van der Waals surface area contributed by atoms with Gasteiger partial charge in [0.15, 0.2) is 0 Å². The van der Waals surface area contributed by atoms with E-state index in [4.69, 9.17) is 0 Å². The second-order valence-electron chi connectivity index (χ2n) is 3.42. The number of benzene rings is 1. The van der Waals surface area contributed by atoms with Crippen molar-refractivity contribution in [1.29, 1.82) is 0 Å². The van der Waals surface area contributed by atoms with E-state index in [0.717, 1.165) is 19.6 Å². The van der Waals surface area contributed by atoms with E-state index >= 15 is 0 Å². The average molecular weight is 221 g/mol. The predicted molar refractivity (Wildman–Crippen MR) is 69.2 cm³/mol. The molecule has 0 radical (unpaired) electrons. The van der Waals surface area contributed by atoms with Crippen LogP contribution in [0.1, 0.15) is 13.8 Å². The van der Waals surface area contributed by atoms with E-state index in [1.54, 1.807) is 11.8 Å². The largest absolute Gasteiger partial charge is 0.299 e. The Hall–Kier alpha value is -0.730. The van der Waals surface area contributed by atoms with Gasteiger partial charge in [0.2, 0.25) is 0 Å². The molecule has 2 heteroatoms. The zero-order chi connectivity index (χ0) is 11.1. The third-order valence-electron chi connectivity index (χ3n) is 2.30. The first-order valence-corrected chi connectivity index (χ1v) is 6.21. The Morgan fingerprint density at radius 2 is 1.80 bits per heavy atom. The zero-order valence-electron chi connectivity index (χ0n) is 9.57. The van der Waals surface area contributed by atoms with Crippen LogP contribution < -0.4 is 0 Å². The highest BCUT2D eigenvalue weighted by Crippen LogP contribution is 2.25. The van der Waals surface area contributed by atoms with E-state index in [9.17, 15) is 0 Å². The van der Waals surface area contributed by atoms with Crippen molar-refractivity contribution in [3.05, 3.63) is 41.8 Å². The Kier molecular flexibility index (Phi) is 5.51. The Morgan fingerprint density at radius 3 is 2.33 bits per heavy atom. The molecule has 1 aromatic rings. The minimum atomic E-state index is 0.979. The third-order valence-corrected chi connectivity index (χ3v) is 3.23. The lowest BCUT2D eigenvalue weighted by Gasteiger charge is -2.18. The van der Waals surface area contributed by atoms with Gasteiger partial charge < -0.3 is 0 Å². The maximum absolute atomic E-state index is 4.11. The summed E-state index contributed by atoms with van der Waals surface area (Å²) in [6.07, 6.45) is 0. The first kappa shape index (κ1) is 12.3. The molecular weight excluding hydrogens is 202 g/mol. The summed E-state index contributed by atoms with van der Waals surface area (Å²) in [5.41, 5.74) is 0. The van der Waals surface area contributed by atoms with Crippen molar-refractivity contribution in [1.82, 2.24) is 4.90 Å². The molecule has 0 saturated heterocycles. The zero-order valence-corrected chi connectivity index (χ0v) is 10.4. The lowest BCUT2D eigenvalue weighted by Crippen LogP contribution is -2.24. The van der Waals surface area contributed by atoms with Crippen molar-refractivity contribution < 1.29 is 0 Å². The monoisotopic (exact) mass is 221 g/mol. The van der Waals surface area contributed by atoms with Crippen molar-refractivity contribution in [2.24, 2.45) is 0 Å². The van der Waals surface area contributed by atoms with Crippen LogP contribution in [0, 0.1) is 0 Å². The molecule has 0 atom stereocenters. The molecule has 0 aliphatic carbocycles. The van der Waals surface area contributed by atoms with Gasteiger partial charge in [-0.05, 0) is 30.1 Å². The van der Waals surface area contributed by atoms with E-state index in [0.29, 0.717) is 0 Å². The topological polar surface area (TPSA) is 3.24 Å². The van der Waals surface area contributed by atoms with Crippen LogP contribution in [0.25, 0.3) is 0 Å². The molecule has 0 spiro atoms. The van der Waals surface area contributed by atoms with Crippen LogP contribution in [0.3, 0.4) is 0 Å². The molecule has 0 aromatic heterocycles. The van der Waals surface area contributed by atoms with Gasteiger partial charge in [-0.2, -0.15) is 0 Å². The Labute approximate surface area is 97.2 Å². The molecule has 0 heterocycles. The highest BCUT2D eigenvalue weighted by Gasteiger charge is 2.03. The fourth-order valence-electron chi connectivity index (χ4n) is 1.38. The van der Waals surface area contributed by atoms with Crippen LogP contribution in [0.5, 0.6) is 0 Å². The molecule has 0 bridgehead atoms. The Balaban J connectivity index is 2.43. The van der Waals surface area contributed by atoms with Gasteiger partial charge >= 0.3 is 0 Å². The summed E-state index contributed by atoms with van der Waals surface area (Å²) < 4.78 is 0. The summed E-state index contributed by atoms with van der Waals surface area (Å²) in [4.78, 5) is 4.86. The average Bonchev–Trinajstić information content (AvgIpc) is 2.27. The second-order valence-corrected chi connectivity index (χ2v) is 4.67.